The molecule has 0 unspecified atom stereocenters. The number of hydrogen-bond acceptors (Lipinski definition) is 6. The van der Waals surface area contributed by atoms with Crippen molar-refractivity contribution in [1.29, 1.82) is 0 Å². The van der Waals surface area contributed by atoms with Crippen LogP contribution >= 0.6 is 11.3 Å². The number of ether oxygens (including phenoxy) is 1. The number of carbonyl (C=O) groups is 1. The Morgan fingerprint density at radius 2 is 2.09 bits per heavy atom. The average molecular weight is 317 g/mol. The Bertz CT molecular complexity index is 863. The Morgan fingerprint density at radius 3 is 2.82 bits per heavy atom. The van der Waals surface area contributed by atoms with Crippen molar-refractivity contribution in [2.75, 3.05) is 12.4 Å². The van der Waals surface area contributed by atoms with Crippen molar-refractivity contribution in [2.45, 2.75) is 6.92 Å². The Hall–Kier alpha value is -2.54. The van der Waals surface area contributed by atoms with E-state index in [-0.39, 0.29) is 5.82 Å². The molecule has 3 aromatic rings. The summed E-state index contributed by atoms with van der Waals surface area (Å²) in [6.07, 6.45) is 1.38. The molecule has 0 fully saturated rings. The average Bonchev–Trinajstić information content (AvgIpc) is 2.87. The van der Waals surface area contributed by atoms with E-state index in [4.69, 9.17) is 4.74 Å². The molecule has 3 rings (SSSR count). The van der Waals surface area contributed by atoms with Gasteiger partial charge in [0.1, 0.15) is 27.7 Å². The van der Waals surface area contributed by atoms with Crippen molar-refractivity contribution in [3.05, 3.63) is 46.9 Å². The van der Waals surface area contributed by atoms with Crippen LogP contribution in [-0.4, -0.2) is 23.0 Å². The summed E-state index contributed by atoms with van der Waals surface area (Å²) in [4.78, 5) is 21.2. The van der Waals surface area contributed by atoms with Gasteiger partial charge in [0.15, 0.2) is 0 Å². The van der Waals surface area contributed by atoms with Crippen LogP contribution < -0.4 is 5.32 Å². The fourth-order valence-electron chi connectivity index (χ4n) is 2.14. The van der Waals surface area contributed by atoms with E-state index in [1.807, 2.05) is 0 Å². The van der Waals surface area contributed by atoms with Gasteiger partial charge in [-0.1, -0.05) is 12.1 Å². The third-order valence-electron chi connectivity index (χ3n) is 3.22. The molecular weight excluding hydrogens is 305 g/mol. The zero-order valence-electron chi connectivity index (χ0n) is 11.9. The largest absolute Gasteiger partial charge is 0.465 e. The lowest BCUT2D eigenvalue weighted by Gasteiger charge is -2.08. The van der Waals surface area contributed by atoms with Crippen molar-refractivity contribution >= 4 is 39.0 Å². The minimum atomic E-state index is -0.419. The second kappa shape index (κ2) is 5.69. The van der Waals surface area contributed by atoms with E-state index in [1.165, 1.54) is 30.8 Å². The summed E-state index contributed by atoms with van der Waals surface area (Å²) in [6.45, 7) is 1.79. The summed E-state index contributed by atoms with van der Waals surface area (Å²) in [6, 6.07) is 6.32. The number of thiophene rings is 1. The lowest BCUT2D eigenvalue weighted by Crippen LogP contribution is -2.00. The highest BCUT2D eigenvalue weighted by molar-refractivity contribution is 7.20. The van der Waals surface area contributed by atoms with Gasteiger partial charge >= 0.3 is 5.97 Å². The van der Waals surface area contributed by atoms with Crippen LogP contribution in [0, 0.1) is 12.7 Å². The predicted molar refractivity (Wildman–Crippen MR) is 83.2 cm³/mol. The number of methoxy groups -OCH3 is 1. The highest BCUT2D eigenvalue weighted by Gasteiger charge is 2.20. The first-order valence-corrected chi connectivity index (χ1v) is 7.27. The minimum absolute atomic E-state index is 0.313. The Kier molecular flexibility index (Phi) is 3.72. The van der Waals surface area contributed by atoms with E-state index < -0.39 is 5.97 Å². The number of aryl methyl sites for hydroxylation is 1. The maximum absolute atomic E-state index is 13.8. The van der Waals surface area contributed by atoms with E-state index in [9.17, 15) is 9.18 Å². The molecule has 22 heavy (non-hydrogen) atoms. The van der Waals surface area contributed by atoms with Gasteiger partial charge in [-0.05, 0) is 24.6 Å². The summed E-state index contributed by atoms with van der Waals surface area (Å²) >= 11 is 1.23. The van der Waals surface area contributed by atoms with Gasteiger partial charge in [0, 0.05) is 0 Å². The van der Waals surface area contributed by atoms with Crippen LogP contribution in [0.3, 0.4) is 0 Å². The molecule has 5 nitrogen and oxygen atoms in total. The standard InChI is InChI=1S/C15H12FN3O2S/c1-8-11-13(19-10-6-4-3-5-9(10)16)17-7-18-14(11)22-12(8)15(20)21-2/h3-7H,1-2H3,(H,17,18,19). The molecule has 1 N–H and O–H groups in total. The first-order chi connectivity index (χ1) is 10.6. The maximum atomic E-state index is 13.8. The van der Waals surface area contributed by atoms with Crippen molar-refractivity contribution in [2.24, 2.45) is 0 Å². The smallest absolute Gasteiger partial charge is 0.348 e. The number of nitrogens with zero attached hydrogens (tertiary/aromatic N) is 2. The van der Waals surface area contributed by atoms with E-state index in [0.29, 0.717) is 32.2 Å². The van der Waals surface area contributed by atoms with Crippen LogP contribution in [0.2, 0.25) is 0 Å². The number of esters is 1. The molecule has 0 radical (unpaired) electrons. The summed E-state index contributed by atoms with van der Waals surface area (Å²) < 4.78 is 18.6. The van der Waals surface area contributed by atoms with Gasteiger partial charge in [-0.3, -0.25) is 0 Å². The highest BCUT2D eigenvalue weighted by Crippen LogP contribution is 2.34. The molecule has 112 valence electrons. The molecule has 0 spiro atoms. The molecule has 2 heterocycles. The molecule has 0 saturated heterocycles. The monoisotopic (exact) mass is 317 g/mol. The Morgan fingerprint density at radius 1 is 1.32 bits per heavy atom. The molecule has 0 aliphatic rings. The van der Waals surface area contributed by atoms with Crippen LogP contribution in [0.5, 0.6) is 0 Å². The van der Waals surface area contributed by atoms with Crippen molar-refractivity contribution in [3.63, 3.8) is 0 Å². The van der Waals surface area contributed by atoms with Gasteiger partial charge < -0.3 is 10.1 Å². The molecule has 0 saturated carbocycles. The van der Waals surface area contributed by atoms with Gasteiger partial charge in [-0.15, -0.1) is 11.3 Å². The summed E-state index contributed by atoms with van der Waals surface area (Å²) in [5.74, 6) is -0.341. The van der Waals surface area contributed by atoms with Crippen molar-refractivity contribution in [3.8, 4) is 0 Å². The number of anilines is 2. The van der Waals surface area contributed by atoms with E-state index >= 15 is 0 Å². The maximum Gasteiger partial charge on any atom is 0.348 e. The minimum Gasteiger partial charge on any atom is -0.465 e. The number of hydrogen-bond donors (Lipinski definition) is 1. The van der Waals surface area contributed by atoms with Crippen molar-refractivity contribution < 1.29 is 13.9 Å². The molecular formula is C15H12FN3O2S. The van der Waals surface area contributed by atoms with Gasteiger partial charge in [-0.2, -0.15) is 0 Å². The molecule has 0 bridgehead atoms. The van der Waals surface area contributed by atoms with Crippen LogP contribution in [0.15, 0.2) is 30.6 Å². The normalized spacial score (nSPS) is 10.7. The van der Waals surface area contributed by atoms with Crippen LogP contribution in [0.25, 0.3) is 10.2 Å². The second-order valence-corrected chi connectivity index (χ2v) is 5.55. The number of fused-ring (bicyclic) bond motifs is 1. The van der Waals surface area contributed by atoms with Crippen LogP contribution in [0.1, 0.15) is 15.2 Å². The summed E-state index contributed by atoms with van der Waals surface area (Å²) in [7, 11) is 1.33. The first-order valence-electron chi connectivity index (χ1n) is 6.45. The fourth-order valence-corrected chi connectivity index (χ4v) is 3.21. The van der Waals surface area contributed by atoms with Gasteiger partial charge in [0.05, 0.1) is 18.2 Å². The molecule has 1 aromatic carbocycles. The topological polar surface area (TPSA) is 64.1 Å². The number of rotatable bonds is 3. The first kappa shape index (κ1) is 14.4. The molecule has 0 amide bonds. The van der Waals surface area contributed by atoms with Crippen LogP contribution in [0.4, 0.5) is 15.9 Å². The van der Waals surface area contributed by atoms with E-state index in [0.717, 1.165) is 0 Å². The highest BCUT2D eigenvalue weighted by atomic mass is 32.1. The predicted octanol–water partition coefficient (Wildman–Crippen LogP) is 3.67. The van der Waals surface area contributed by atoms with Gasteiger partial charge in [0.2, 0.25) is 0 Å². The molecule has 0 aliphatic carbocycles. The van der Waals surface area contributed by atoms with E-state index in [2.05, 4.69) is 15.3 Å². The molecule has 0 aliphatic heterocycles. The number of nitrogens with one attached hydrogen (secondary N) is 1. The van der Waals surface area contributed by atoms with Crippen molar-refractivity contribution in [1.82, 2.24) is 9.97 Å². The number of carbonyl (C=O) groups excluding carboxylic acids is 1. The SMILES string of the molecule is COC(=O)c1sc2ncnc(Nc3ccccc3F)c2c1C. The third kappa shape index (κ3) is 2.39. The lowest BCUT2D eigenvalue weighted by atomic mass is 10.2. The zero-order valence-corrected chi connectivity index (χ0v) is 12.7. The second-order valence-electron chi connectivity index (χ2n) is 4.56. The number of para-hydroxylation sites is 1. The number of aromatic nitrogens is 2. The third-order valence-corrected chi connectivity index (χ3v) is 4.40. The fraction of sp³-hybridized carbons (Fsp3) is 0.133. The van der Waals surface area contributed by atoms with E-state index in [1.54, 1.807) is 25.1 Å². The van der Waals surface area contributed by atoms with Gasteiger partial charge in [0.25, 0.3) is 0 Å². The molecule has 0 atom stereocenters. The number of halogens is 1. The number of benzene rings is 1. The zero-order chi connectivity index (χ0) is 15.7. The molecule has 7 heteroatoms. The molecule has 2 aromatic heterocycles. The van der Waals surface area contributed by atoms with Crippen LogP contribution in [-0.2, 0) is 4.74 Å². The summed E-state index contributed by atoms with van der Waals surface area (Å²) in [5.41, 5.74) is 1.03. The van der Waals surface area contributed by atoms with Gasteiger partial charge in [-0.25, -0.2) is 19.2 Å². The lowest BCUT2D eigenvalue weighted by molar-refractivity contribution is 0.0605. The Balaban J connectivity index is 2.13. The quantitative estimate of drug-likeness (QED) is 0.747. The Labute approximate surface area is 129 Å². The summed E-state index contributed by atoms with van der Waals surface area (Å²) in [5, 5.41) is 3.65.